The molecule has 1 heterocycles. The van der Waals surface area contributed by atoms with Crippen molar-refractivity contribution in [2.75, 3.05) is 12.8 Å². The highest BCUT2D eigenvalue weighted by Gasteiger charge is 2.14. The second kappa shape index (κ2) is 4.55. The second-order valence-corrected chi connectivity index (χ2v) is 3.67. The fourth-order valence-corrected chi connectivity index (χ4v) is 1.65. The molecule has 0 saturated carbocycles. The van der Waals surface area contributed by atoms with E-state index in [1.807, 2.05) is 0 Å². The van der Waals surface area contributed by atoms with Gasteiger partial charge in [-0.15, -0.1) is 0 Å². The van der Waals surface area contributed by atoms with E-state index in [0.29, 0.717) is 11.3 Å². The summed E-state index contributed by atoms with van der Waals surface area (Å²) in [6, 6.07) is 2.39. The van der Waals surface area contributed by atoms with Crippen LogP contribution in [0.2, 0.25) is 5.02 Å². The molecule has 2 rings (SSSR count). The Kier molecular flexibility index (Phi) is 3.10. The quantitative estimate of drug-likeness (QED) is 0.836. The number of anilines is 1. The third-order valence-corrected chi connectivity index (χ3v) is 2.52. The molecule has 0 atom stereocenters. The molecule has 0 bridgehead atoms. The minimum Gasteiger partial charge on any atom is -0.479 e. The molecule has 6 heteroatoms. The zero-order valence-corrected chi connectivity index (χ0v) is 9.70. The molecule has 17 heavy (non-hydrogen) atoms. The van der Waals surface area contributed by atoms with Crippen LogP contribution in [0.3, 0.4) is 0 Å². The van der Waals surface area contributed by atoms with Crippen molar-refractivity contribution in [1.82, 2.24) is 9.97 Å². The topological polar surface area (TPSA) is 61.0 Å². The number of benzene rings is 1. The first-order chi connectivity index (χ1) is 8.13. The largest absolute Gasteiger partial charge is 0.479 e. The van der Waals surface area contributed by atoms with Gasteiger partial charge in [0.05, 0.1) is 17.8 Å². The lowest BCUT2D eigenvalue weighted by Crippen LogP contribution is -1.98. The maximum absolute atomic E-state index is 13.3. The van der Waals surface area contributed by atoms with Crippen LogP contribution in [0, 0.1) is 5.82 Å². The molecule has 1 aromatic carbocycles. The molecule has 2 N–H and O–H groups in total. The highest BCUT2D eigenvalue weighted by molar-refractivity contribution is 6.33. The van der Waals surface area contributed by atoms with Crippen molar-refractivity contribution in [1.29, 1.82) is 0 Å². The summed E-state index contributed by atoms with van der Waals surface area (Å²) in [7, 11) is 1.45. The van der Waals surface area contributed by atoms with Crippen molar-refractivity contribution in [2.24, 2.45) is 0 Å². The number of methoxy groups -OCH3 is 1. The van der Waals surface area contributed by atoms with E-state index in [1.165, 1.54) is 25.6 Å². The monoisotopic (exact) mass is 253 g/mol. The molecule has 0 fully saturated rings. The number of aromatic nitrogens is 2. The molecular weight excluding hydrogens is 245 g/mol. The number of hydrogen-bond donors (Lipinski definition) is 1. The van der Waals surface area contributed by atoms with Crippen LogP contribution in [0.4, 0.5) is 10.1 Å². The normalized spacial score (nSPS) is 10.3. The van der Waals surface area contributed by atoms with Crippen molar-refractivity contribution in [3.63, 3.8) is 0 Å². The first kappa shape index (κ1) is 11.6. The van der Waals surface area contributed by atoms with E-state index in [-0.39, 0.29) is 16.6 Å². The predicted molar refractivity (Wildman–Crippen MR) is 63.4 cm³/mol. The van der Waals surface area contributed by atoms with E-state index in [0.717, 1.165) is 6.07 Å². The zero-order valence-electron chi connectivity index (χ0n) is 8.95. The summed E-state index contributed by atoms with van der Waals surface area (Å²) in [4.78, 5) is 8.04. The van der Waals surface area contributed by atoms with Crippen LogP contribution < -0.4 is 10.5 Å². The molecule has 0 aliphatic rings. The smallest absolute Gasteiger partial charge is 0.240 e. The van der Waals surface area contributed by atoms with Crippen LogP contribution in [0.5, 0.6) is 5.88 Å². The van der Waals surface area contributed by atoms with Crippen LogP contribution >= 0.6 is 11.6 Å². The van der Waals surface area contributed by atoms with Gasteiger partial charge in [-0.05, 0) is 12.1 Å². The van der Waals surface area contributed by atoms with E-state index in [4.69, 9.17) is 22.1 Å². The van der Waals surface area contributed by atoms with Gasteiger partial charge in [-0.25, -0.2) is 14.4 Å². The van der Waals surface area contributed by atoms with Gasteiger partial charge in [-0.2, -0.15) is 0 Å². The summed E-state index contributed by atoms with van der Waals surface area (Å²) < 4.78 is 18.3. The molecule has 1 aromatic heterocycles. The van der Waals surface area contributed by atoms with Crippen molar-refractivity contribution in [2.45, 2.75) is 0 Å². The summed E-state index contributed by atoms with van der Waals surface area (Å²) in [5.74, 6) is -0.229. The van der Waals surface area contributed by atoms with Crippen molar-refractivity contribution in [3.8, 4) is 17.1 Å². The molecule has 88 valence electrons. The van der Waals surface area contributed by atoms with E-state index in [1.54, 1.807) is 0 Å². The highest BCUT2D eigenvalue weighted by atomic mass is 35.5. The van der Waals surface area contributed by atoms with Gasteiger partial charge in [-0.1, -0.05) is 11.6 Å². The molecule has 4 nitrogen and oxygen atoms in total. The lowest BCUT2D eigenvalue weighted by Gasteiger charge is -2.09. The minimum atomic E-state index is -0.494. The zero-order chi connectivity index (χ0) is 12.4. The Morgan fingerprint density at radius 1 is 1.29 bits per heavy atom. The van der Waals surface area contributed by atoms with Crippen LogP contribution in [0.25, 0.3) is 11.3 Å². The lowest BCUT2D eigenvalue weighted by atomic mass is 10.1. The van der Waals surface area contributed by atoms with Crippen LogP contribution in [-0.2, 0) is 0 Å². The van der Waals surface area contributed by atoms with Gasteiger partial charge in [0.15, 0.2) is 0 Å². The van der Waals surface area contributed by atoms with Crippen LogP contribution in [-0.4, -0.2) is 17.1 Å². The van der Waals surface area contributed by atoms with Gasteiger partial charge in [0, 0.05) is 18.0 Å². The van der Waals surface area contributed by atoms with Gasteiger partial charge < -0.3 is 10.5 Å². The third kappa shape index (κ3) is 2.14. The van der Waals surface area contributed by atoms with Gasteiger partial charge in [0.1, 0.15) is 11.5 Å². The maximum Gasteiger partial charge on any atom is 0.240 e. The molecule has 2 aromatic rings. The van der Waals surface area contributed by atoms with E-state index in [2.05, 4.69) is 9.97 Å². The molecule has 0 aliphatic heterocycles. The standard InChI is InChI=1S/C11H9ClFN3O/c1-17-11-10(15-2-3-16-11)7-4-6(13)5-8(12)9(7)14/h2-5H,14H2,1H3. The minimum absolute atomic E-state index is 0.132. The Morgan fingerprint density at radius 2 is 2.00 bits per heavy atom. The Morgan fingerprint density at radius 3 is 2.71 bits per heavy atom. The molecule has 0 amide bonds. The summed E-state index contributed by atoms with van der Waals surface area (Å²) in [5.41, 5.74) is 6.74. The average Bonchev–Trinajstić information content (AvgIpc) is 2.33. The van der Waals surface area contributed by atoms with E-state index < -0.39 is 5.82 Å². The predicted octanol–water partition coefficient (Wildman–Crippen LogP) is 2.53. The van der Waals surface area contributed by atoms with Gasteiger partial charge >= 0.3 is 0 Å². The first-order valence-electron chi connectivity index (χ1n) is 4.73. The first-order valence-corrected chi connectivity index (χ1v) is 5.11. The molecule has 0 aliphatic carbocycles. The Hall–Kier alpha value is -1.88. The second-order valence-electron chi connectivity index (χ2n) is 3.26. The van der Waals surface area contributed by atoms with Crippen LogP contribution in [0.1, 0.15) is 0 Å². The maximum atomic E-state index is 13.3. The summed E-state index contributed by atoms with van der Waals surface area (Å²) >= 11 is 5.81. The van der Waals surface area contributed by atoms with Crippen LogP contribution in [0.15, 0.2) is 24.5 Å². The molecule has 0 unspecified atom stereocenters. The van der Waals surface area contributed by atoms with E-state index >= 15 is 0 Å². The number of nitrogen functional groups attached to an aromatic ring is 1. The number of ether oxygens (including phenoxy) is 1. The number of nitrogens with two attached hydrogens (primary N) is 1. The fourth-order valence-electron chi connectivity index (χ4n) is 1.44. The number of halogens is 2. The third-order valence-electron chi connectivity index (χ3n) is 2.21. The lowest BCUT2D eigenvalue weighted by molar-refractivity contribution is 0.398. The molecule has 0 spiro atoms. The average molecular weight is 254 g/mol. The summed E-state index contributed by atoms with van der Waals surface area (Å²) in [5, 5.41) is 0.132. The van der Waals surface area contributed by atoms with Gasteiger partial charge in [0.2, 0.25) is 5.88 Å². The fraction of sp³-hybridized carbons (Fsp3) is 0.0909. The Bertz CT molecular complexity index is 562. The number of nitrogens with zero attached hydrogens (tertiary/aromatic N) is 2. The summed E-state index contributed by atoms with van der Waals surface area (Å²) in [6.45, 7) is 0. The van der Waals surface area contributed by atoms with Gasteiger partial charge in [-0.3, -0.25) is 0 Å². The van der Waals surface area contributed by atoms with Crippen molar-refractivity contribution in [3.05, 3.63) is 35.4 Å². The molecular formula is C11H9ClFN3O. The van der Waals surface area contributed by atoms with Crippen molar-refractivity contribution >= 4 is 17.3 Å². The van der Waals surface area contributed by atoms with E-state index in [9.17, 15) is 4.39 Å². The summed E-state index contributed by atoms with van der Waals surface area (Å²) in [6.07, 6.45) is 2.94. The number of rotatable bonds is 2. The van der Waals surface area contributed by atoms with Crippen molar-refractivity contribution < 1.29 is 9.13 Å². The Labute approximate surface area is 102 Å². The SMILES string of the molecule is COc1nccnc1-c1cc(F)cc(Cl)c1N. The highest BCUT2D eigenvalue weighted by Crippen LogP contribution is 2.34. The Balaban J connectivity index is 2.68. The number of hydrogen-bond acceptors (Lipinski definition) is 4. The van der Waals surface area contributed by atoms with Gasteiger partial charge in [0.25, 0.3) is 0 Å². The molecule has 0 radical (unpaired) electrons. The molecule has 0 saturated heterocycles.